The van der Waals surface area contributed by atoms with E-state index in [0.29, 0.717) is 11.3 Å². The summed E-state index contributed by atoms with van der Waals surface area (Å²) in [6.45, 7) is 4.03. The molecule has 0 aromatic heterocycles. The number of para-hydroxylation sites is 1. The van der Waals surface area contributed by atoms with Gasteiger partial charge in [0.2, 0.25) is 0 Å². The number of phenolic OH excluding ortho intramolecular Hbond substituents is 1. The molecule has 0 spiro atoms. The van der Waals surface area contributed by atoms with Crippen LogP contribution in [0.3, 0.4) is 0 Å². The Balaban J connectivity index is 2.10. The first kappa shape index (κ1) is 13.2. The molecule has 1 amide bonds. The third-order valence-electron chi connectivity index (χ3n) is 3.63. The number of fused-ring (bicyclic) bond motifs is 1. The Labute approximate surface area is 123 Å². The van der Waals surface area contributed by atoms with Crippen molar-refractivity contribution in [2.24, 2.45) is 0 Å². The highest BCUT2D eigenvalue weighted by Gasteiger charge is 2.17. The monoisotopic (exact) mass is 280 g/mol. The molecule has 1 heterocycles. The summed E-state index contributed by atoms with van der Waals surface area (Å²) in [5.41, 5.74) is 4.98. The highest BCUT2D eigenvalue weighted by atomic mass is 16.3. The second-order valence-corrected chi connectivity index (χ2v) is 5.17. The van der Waals surface area contributed by atoms with E-state index in [1.54, 1.807) is 18.2 Å². The number of aromatic hydroxyl groups is 1. The SMILES string of the molecule is Cc1cc2c(cc1C)NC(c1ccccc1O)=CC(=O)N2. The lowest BCUT2D eigenvalue weighted by Crippen LogP contribution is -2.07. The predicted molar refractivity (Wildman–Crippen MR) is 84.3 cm³/mol. The van der Waals surface area contributed by atoms with Crippen LogP contribution in [0.1, 0.15) is 16.7 Å². The number of carbonyl (C=O) groups is 1. The van der Waals surface area contributed by atoms with Crippen LogP contribution in [-0.4, -0.2) is 11.0 Å². The van der Waals surface area contributed by atoms with Crippen LogP contribution >= 0.6 is 0 Å². The summed E-state index contributed by atoms with van der Waals surface area (Å²) >= 11 is 0. The zero-order chi connectivity index (χ0) is 15.0. The molecule has 4 heteroatoms. The first-order chi connectivity index (χ1) is 10.0. The molecule has 2 aromatic rings. The standard InChI is InChI=1S/C17H16N2O2/c1-10-7-14-15(8-11(10)2)19-17(21)9-13(18-14)12-5-3-4-6-16(12)20/h3-9,18,20H,1-2H3,(H,19,21). The van der Waals surface area contributed by atoms with Crippen LogP contribution in [0, 0.1) is 13.8 Å². The maximum atomic E-state index is 12.0. The van der Waals surface area contributed by atoms with E-state index >= 15 is 0 Å². The number of hydrogen-bond acceptors (Lipinski definition) is 3. The number of hydrogen-bond donors (Lipinski definition) is 3. The minimum atomic E-state index is -0.220. The van der Waals surface area contributed by atoms with Gasteiger partial charge in [-0.05, 0) is 49.2 Å². The summed E-state index contributed by atoms with van der Waals surface area (Å²) in [4.78, 5) is 12.0. The molecule has 0 saturated heterocycles. The highest BCUT2D eigenvalue weighted by molar-refractivity contribution is 6.10. The van der Waals surface area contributed by atoms with Crippen LogP contribution < -0.4 is 10.6 Å². The van der Waals surface area contributed by atoms with E-state index in [2.05, 4.69) is 10.6 Å². The lowest BCUT2D eigenvalue weighted by atomic mass is 10.1. The average molecular weight is 280 g/mol. The van der Waals surface area contributed by atoms with Gasteiger partial charge in [0.15, 0.2) is 0 Å². The predicted octanol–water partition coefficient (Wildman–Crippen LogP) is 3.41. The molecule has 21 heavy (non-hydrogen) atoms. The molecule has 3 rings (SSSR count). The van der Waals surface area contributed by atoms with Crippen molar-refractivity contribution in [2.75, 3.05) is 10.6 Å². The number of phenols is 1. The maximum Gasteiger partial charge on any atom is 0.250 e. The third kappa shape index (κ3) is 2.48. The topological polar surface area (TPSA) is 61.4 Å². The molecule has 0 aliphatic carbocycles. The molecular formula is C17H16N2O2. The summed E-state index contributed by atoms with van der Waals surface area (Å²) in [5, 5.41) is 16.1. The Morgan fingerprint density at radius 1 is 0.952 bits per heavy atom. The minimum Gasteiger partial charge on any atom is -0.507 e. The molecule has 0 fully saturated rings. The molecule has 0 unspecified atom stereocenters. The van der Waals surface area contributed by atoms with E-state index in [1.807, 2.05) is 32.0 Å². The van der Waals surface area contributed by atoms with Crippen LogP contribution in [0.25, 0.3) is 5.70 Å². The number of anilines is 2. The number of carbonyl (C=O) groups excluding carboxylic acids is 1. The largest absolute Gasteiger partial charge is 0.507 e. The smallest absolute Gasteiger partial charge is 0.250 e. The molecule has 3 N–H and O–H groups in total. The van der Waals surface area contributed by atoms with Crippen molar-refractivity contribution in [2.45, 2.75) is 13.8 Å². The molecule has 0 radical (unpaired) electrons. The van der Waals surface area contributed by atoms with Crippen LogP contribution in [-0.2, 0) is 4.79 Å². The van der Waals surface area contributed by atoms with E-state index in [-0.39, 0.29) is 11.7 Å². The zero-order valence-electron chi connectivity index (χ0n) is 11.9. The van der Waals surface area contributed by atoms with E-state index in [9.17, 15) is 9.90 Å². The van der Waals surface area contributed by atoms with Crippen LogP contribution in [0.5, 0.6) is 5.75 Å². The van der Waals surface area contributed by atoms with Gasteiger partial charge in [-0.1, -0.05) is 12.1 Å². The fourth-order valence-corrected chi connectivity index (χ4v) is 2.35. The van der Waals surface area contributed by atoms with Gasteiger partial charge in [-0.15, -0.1) is 0 Å². The quantitative estimate of drug-likeness (QED) is 0.750. The summed E-state index contributed by atoms with van der Waals surface area (Å²) in [6, 6.07) is 10.9. The van der Waals surface area contributed by atoms with E-state index in [1.165, 1.54) is 6.08 Å². The van der Waals surface area contributed by atoms with E-state index in [0.717, 1.165) is 22.5 Å². The van der Waals surface area contributed by atoms with Crippen molar-refractivity contribution < 1.29 is 9.90 Å². The number of rotatable bonds is 1. The summed E-state index contributed by atoms with van der Waals surface area (Å²) in [5.74, 6) is -0.0842. The van der Waals surface area contributed by atoms with Crippen LogP contribution in [0.2, 0.25) is 0 Å². The summed E-state index contributed by atoms with van der Waals surface area (Å²) < 4.78 is 0. The molecule has 0 bridgehead atoms. The molecule has 106 valence electrons. The van der Waals surface area contributed by atoms with E-state index < -0.39 is 0 Å². The molecule has 1 aliphatic heterocycles. The third-order valence-corrected chi connectivity index (χ3v) is 3.63. The van der Waals surface area contributed by atoms with Crippen LogP contribution in [0.4, 0.5) is 11.4 Å². The Kier molecular flexibility index (Phi) is 3.14. The Bertz CT molecular complexity index is 763. The van der Waals surface area contributed by atoms with Crippen molar-refractivity contribution >= 4 is 23.0 Å². The van der Waals surface area contributed by atoms with Crippen molar-refractivity contribution in [1.29, 1.82) is 0 Å². The molecule has 0 saturated carbocycles. The number of amides is 1. The van der Waals surface area contributed by atoms with E-state index in [4.69, 9.17) is 0 Å². The first-order valence-corrected chi connectivity index (χ1v) is 6.74. The zero-order valence-corrected chi connectivity index (χ0v) is 11.9. The number of nitrogens with one attached hydrogen (secondary N) is 2. The van der Waals surface area contributed by atoms with Gasteiger partial charge in [0.05, 0.1) is 17.1 Å². The van der Waals surface area contributed by atoms with Gasteiger partial charge in [-0.3, -0.25) is 4.79 Å². The van der Waals surface area contributed by atoms with Gasteiger partial charge in [0.25, 0.3) is 5.91 Å². The Morgan fingerprint density at radius 3 is 2.24 bits per heavy atom. The fraction of sp³-hybridized carbons (Fsp3) is 0.118. The lowest BCUT2D eigenvalue weighted by molar-refractivity contribution is -0.111. The Morgan fingerprint density at radius 2 is 1.57 bits per heavy atom. The second-order valence-electron chi connectivity index (χ2n) is 5.17. The van der Waals surface area contributed by atoms with Crippen molar-refractivity contribution in [3.63, 3.8) is 0 Å². The number of aryl methyl sites for hydroxylation is 2. The lowest BCUT2D eigenvalue weighted by Gasteiger charge is -2.14. The normalized spacial score (nSPS) is 13.6. The van der Waals surface area contributed by atoms with Gasteiger partial charge >= 0.3 is 0 Å². The summed E-state index contributed by atoms with van der Waals surface area (Å²) in [6.07, 6.45) is 1.46. The Hall–Kier alpha value is -2.75. The first-order valence-electron chi connectivity index (χ1n) is 6.74. The van der Waals surface area contributed by atoms with Crippen molar-refractivity contribution in [1.82, 2.24) is 0 Å². The maximum absolute atomic E-state index is 12.0. The summed E-state index contributed by atoms with van der Waals surface area (Å²) in [7, 11) is 0. The van der Waals surface area contributed by atoms with Gasteiger partial charge in [0, 0.05) is 11.6 Å². The second kappa shape index (κ2) is 4.98. The molecular weight excluding hydrogens is 264 g/mol. The fourth-order valence-electron chi connectivity index (χ4n) is 2.35. The molecule has 0 atom stereocenters. The van der Waals surface area contributed by atoms with Gasteiger partial charge in [-0.2, -0.15) is 0 Å². The average Bonchev–Trinajstić information content (AvgIpc) is 2.58. The van der Waals surface area contributed by atoms with Crippen LogP contribution in [0.15, 0.2) is 42.5 Å². The van der Waals surface area contributed by atoms with Gasteiger partial charge in [0.1, 0.15) is 5.75 Å². The number of benzene rings is 2. The molecule has 2 aromatic carbocycles. The minimum absolute atomic E-state index is 0.135. The van der Waals surface area contributed by atoms with Crippen molar-refractivity contribution in [3.8, 4) is 5.75 Å². The van der Waals surface area contributed by atoms with Crippen molar-refractivity contribution in [3.05, 3.63) is 59.2 Å². The van der Waals surface area contributed by atoms with Gasteiger partial charge in [-0.25, -0.2) is 0 Å². The highest BCUT2D eigenvalue weighted by Crippen LogP contribution is 2.33. The molecule has 4 nitrogen and oxygen atoms in total. The van der Waals surface area contributed by atoms with Gasteiger partial charge < -0.3 is 15.7 Å². The molecule has 1 aliphatic rings.